The van der Waals surface area contributed by atoms with Crippen LogP contribution in [0.25, 0.3) is 0 Å². The second-order valence-corrected chi connectivity index (χ2v) is 8.77. The monoisotopic (exact) mass is 654 g/mol. The summed E-state index contributed by atoms with van der Waals surface area (Å²) in [4.78, 5) is 34.6. The van der Waals surface area contributed by atoms with Crippen LogP contribution in [0.5, 0.6) is 5.75 Å². The topological polar surface area (TPSA) is 166 Å². The molecule has 1 aliphatic heterocycles. The Kier molecular flexibility index (Phi) is 13.4. The predicted octanol–water partition coefficient (Wildman–Crippen LogP) is 4.86. The molecule has 0 aromatic carbocycles. The van der Waals surface area contributed by atoms with Crippen LogP contribution < -0.4 is 4.74 Å². The van der Waals surface area contributed by atoms with Crippen LogP contribution in [0.1, 0.15) is 21.8 Å². The molecule has 21 heteroatoms. The van der Waals surface area contributed by atoms with Crippen molar-refractivity contribution in [3.8, 4) is 5.75 Å². The molecule has 1 aliphatic rings. The van der Waals surface area contributed by atoms with E-state index in [1.54, 1.807) is 23.7 Å². The van der Waals surface area contributed by atoms with Crippen LogP contribution in [-0.4, -0.2) is 71.8 Å². The molecule has 0 radical (unpaired) electrons. The summed E-state index contributed by atoms with van der Waals surface area (Å²) in [6.07, 6.45) is -11.8. The van der Waals surface area contributed by atoms with Crippen LogP contribution in [0.15, 0.2) is 42.0 Å². The van der Waals surface area contributed by atoms with Crippen molar-refractivity contribution >= 4 is 29.2 Å². The highest BCUT2D eigenvalue weighted by Crippen LogP contribution is 2.27. The number of aromatic amines is 1. The molecule has 43 heavy (non-hydrogen) atoms. The molecule has 3 aromatic rings. The van der Waals surface area contributed by atoms with E-state index < -0.39 is 36.4 Å². The minimum absolute atomic E-state index is 0.477. The molecule has 238 valence electrons. The van der Waals surface area contributed by atoms with E-state index in [1.165, 1.54) is 16.1 Å². The van der Waals surface area contributed by atoms with E-state index in [-0.39, 0.29) is 0 Å². The van der Waals surface area contributed by atoms with E-state index >= 15 is 0 Å². The highest BCUT2D eigenvalue weighted by atomic mass is 32.1. The van der Waals surface area contributed by atoms with Crippen molar-refractivity contribution in [2.75, 3.05) is 0 Å². The molecule has 0 amide bonds. The molecule has 0 saturated heterocycles. The highest BCUT2D eigenvalue weighted by Gasteiger charge is 2.39. The molecule has 0 spiro atoms. The quantitative estimate of drug-likeness (QED) is 0.279. The number of halogens is 9. The lowest BCUT2D eigenvalue weighted by molar-refractivity contribution is -0.193. The Morgan fingerprint density at radius 1 is 0.884 bits per heavy atom. The SMILES string of the molecule is O=C(O)C(F)(F)F.O=C(O)C(F)(F)F.O=C(O)C(F)(F)F.c1cncc(OCc2n[nH]c3c2CN(Cc2cccs2)C3)c1. The van der Waals surface area contributed by atoms with Gasteiger partial charge in [0.1, 0.15) is 18.1 Å². The van der Waals surface area contributed by atoms with E-state index in [9.17, 15) is 39.5 Å². The summed E-state index contributed by atoms with van der Waals surface area (Å²) >= 11 is 1.80. The van der Waals surface area contributed by atoms with Gasteiger partial charge in [-0.15, -0.1) is 11.3 Å². The first-order valence-corrected chi connectivity index (χ1v) is 11.8. The van der Waals surface area contributed by atoms with Gasteiger partial charge < -0.3 is 20.1 Å². The molecule has 0 unspecified atom stereocenters. The average molecular weight is 654 g/mol. The number of carbonyl (C=O) groups is 3. The van der Waals surface area contributed by atoms with Crippen LogP contribution in [-0.2, 0) is 40.6 Å². The van der Waals surface area contributed by atoms with E-state index in [0.29, 0.717) is 6.61 Å². The van der Waals surface area contributed by atoms with Crippen molar-refractivity contribution in [3.63, 3.8) is 0 Å². The number of nitrogens with zero attached hydrogens (tertiary/aromatic N) is 3. The molecular weight excluding hydrogens is 635 g/mol. The lowest BCUT2D eigenvalue weighted by Crippen LogP contribution is -2.21. The maximum absolute atomic E-state index is 10.6. The van der Waals surface area contributed by atoms with Crippen LogP contribution >= 0.6 is 11.3 Å². The molecule has 0 atom stereocenters. The van der Waals surface area contributed by atoms with Gasteiger partial charge >= 0.3 is 36.4 Å². The average Bonchev–Trinajstić information content (AvgIpc) is 3.62. The van der Waals surface area contributed by atoms with Crippen molar-refractivity contribution < 1.29 is 74.0 Å². The minimum Gasteiger partial charge on any atom is -0.486 e. The van der Waals surface area contributed by atoms with E-state index in [2.05, 4.69) is 37.6 Å². The number of H-pyrrole nitrogens is 1. The third-order valence-corrected chi connectivity index (χ3v) is 5.36. The molecule has 4 rings (SSSR count). The van der Waals surface area contributed by atoms with Gasteiger partial charge in [0, 0.05) is 36.3 Å². The zero-order valence-corrected chi connectivity index (χ0v) is 21.8. The van der Waals surface area contributed by atoms with E-state index in [1.807, 2.05) is 12.1 Å². The molecule has 0 bridgehead atoms. The highest BCUT2D eigenvalue weighted by molar-refractivity contribution is 7.09. The lowest BCUT2D eigenvalue weighted by Gasteiger charge is -2.13. The summed E-state index contributed by atoms with van der Waals surface area (Å²) in [5.74, 6) is -7.50. The van der Waals surface area contributed by atoms with E-state index in [4.69, 9.17) is 34.4 Å². The number of ether oxygens (including phenoxy) is 1. The number of aliphatic carboxylic acids is 3. The van der Waals surface area contributed by atoms with Crippen molar-refractivity contribution in [1.29, 1.82) is 0 Å². The molecule has 4 heterocycles. The van der Waals surface area contributed by atoms with Crippen molar-refractivity contribution in [2.24, 2.45) is 0 Å². The Bertz CT molecular complexity index is 1260. The Labute approximate surface area is 238 Å². The number of hydrogen-bond acceptors (Lipinski definition) is 8. The first kappa shape index (κ1) is 36.6. The Morgan fingerprint density at radius 2 is 1.42 bits per heavy atom. The maximum Gasteiger partial charge on any atom is 0.490 e. The van der Waals surface area contributed by atoms with Gasteiger partial charge in [0.25, 0.3) is 0 Å². The number of hydrogen-bond donors (Lipinski definition) is 4. The Morgan fingerprint density at radius 3 is 1.84 bits per heavy atom. The van der Waals surface area contributed by atoms with Crippen molar-refractivity contribution in [1.82, 2.24) is 20.1 Å². The molecule has 4 N–H and O–H groups in total. The fourth-order valence-corrected chi connectivity index (χ4v) is 3.45. The van der Waals surface area contributed by atoms with Gasteiger partial charge in [-0.25, -0.2) is 14.4 Å². The van der Waals surface area contributed by atoms with Gasteiger partial charge in [0.05, 0.1) is 11.9 Å². The van der Waals surface area contributed by atoms with Gasteiger partial charge in [-0.05, 0) is 23.6 Å². The second-order valence-electron chi connectivity index (χ2n) is 7.74. The fraction of sp³-hybridized carbons (Fsp3) is 0.318. The van der Waals surface area contributed by atoms with E-state index in [0.717, 1.165) is 31.1 Å². The first-order valence-electron chi connectivity index (χ1n) is 10.9. The van der Waals surface area contributed by atoms with Crippen LogP contribution in [0.3, 0.4) is 0 Å². The number of nitrogens with one attached hydrogen (secondary N) is 1. The number of carboxylic acid groups (broad SMARTS) is 3. The molecule has 3 aromatic heterocycles. The number of thiophene rings is 1. The Balaban J connectivity index is 0.000000363. The number of alkyl halides is 9. The van der Waals surface area contributed by atoms with Gasteiger partial charge in [-0.1, -0.05) is 6.07 Å². The predicted molar refractivity (Wildman–Crippen MR) is 125 cm³/mol. The molecule has 0 saturated carbocycles. The summed E-state index contributed by atoms with van der Waals surface area (Å²) in [5.41, 5.74) is 3.48. The number of pyridine rings is 1. The Hall–Kier alpha value is -4.40. The molecule has 11 nitrogen and oxygen atoms in total. The smallest absolute Gasteiger partial charge is 0.486 e. The number of carboxylic acids is 3. The first-order chi connectivity index (χ1) is 19.7. The van der Waals surface area contributed by atoms with Crippen molar-refractivity contribution in [2.45, 2.75) is 44.8 Å². The summed E-state index contributed by atoms with van der Waals surface area (Å²) < 4.78 is 101. The fourth-order valence-electron chi connectivity index (χ4n) is 2.70. The largest absolute Gasteiger partial charge is 0.490 e. The summed E-state index contributed by atoms with van der Waals surface area (Å²) in [6.45, 7) is 3.32. The number of fused-ring (bicyclic) bond motifs is 1. The van der Waals surface area contributed by atoms with Gasteiger partial charge in [-0.3, -0.25) is 15.0 Å². The third kappa shape index (κ3) is 13.9. The minimum atomic E-state index is -5.08. The lowest BCUT2D eigenvalue weighted by atomic mass is 10.2. The summed E-state index contributed by atoms with van der Waals surface area (Å²) in [5, 5.41) is 31.0. The number of aromatic nitrogens is 3. The van der Waals surface area contributed by atoms with Crippen molar-refractivity contribution in [3.05, 3.63) is 63.9 Å². The summed E-state index contributed by atoms with van der Waals surface area (Å²) in [7, 11) is 0. The van der Waals surface area contributed by atoms with Gasteiger partial charge in [-0.2, -0.15) is 44.6 Å². The third-order valence-electron chi connectivity index (χ3n) is 4.50. The van der Waals surface area contributed by atoms with Crippen LogP contribution in [0.4, 0.5) is 39.5 Å². The maximum atomic E-state index is 10.6. The van der Waals surface area contributed by atoms with Gasteiger partial charge in [0.2, 0.25) is 0 Å². The zero-order chi connectivity index (χ0) is 33.0. The second kappa shape index (κ2) is 15.7. The van der Waals surface area contributed by atoms with Crippen LogP contribution in [0, 0.1) is 0 Å². The summed E-state index contributed by atoms with van der Waals surface area (Å²) in [6, 6.07) is 8.06. The van der Waals surface area contributed by atoms with Gasteiger partial charge in [0.15, 0.2) is 0 Å². The van der Waals surface area contributed by atoms with Crippen LogP contribution in [0.2, 0.25) is 0 Å². The number of rotatable bonds is 5. The zero-order valence-electron chi connectivity index (χ0n) is 21.0. The molecular formula is C22H19F9N4O7S. The normalized spacial score (nSPS) is 12.8. The standard InChI is InChI=1S/C16H16N4OS.3C2HF3O2/c1-3-12(7-17-5-1)21-11-16-14-9-20(10-15(14)18-19-16)8-13-4-2-6-22-13;3*3-2(4,5)1(6)7/h1-7H,8-11H2,(H,18,19);3*(H,6,7). The molecule has 0 aliphatic carbocycles. The molecule has 0 fully saturated rings.